The summed E-state index contributed by atoms with van der Waals surface area (Å²) >= 11 is 0. The molecule has 0 aromatic heterocycles. The van der Waals surface area contributed by atoms with E-state index >= 15 is 50.5 Å². The van der Waals surface area contributed by atoms with Crippen LogP contribution in [-0.4, -0.2) is 50.5 Å². The summed E-state index contributed by atoms with van der Waals surface area (Å²) in [7, 11) is -30.3. The number of para-hydroxylation sites is 6. The number of fused-ring (bicyclic) bond motifs is 12. The van der Waals surface area contributed by atoms with Crippen molar-refractivity contribution >= 4 is 93.1 Å². The quantitative estimate of drug-likeness (QED) is 0.151. The van der Waals surface area contributed by atoms with Crippen LogP contribution in [0.1, 0.15) is 0 Å². The van der Waals surface area contributed by atoms with E-state index in [-0.39, 0.29) is 34.1 Å². The Kier molecular flexibility index (Phi) is 12.6. The van der Waals surface area contributed by atoms with Crippen molar-refractivity contribution in [3.63, 3.8) is 0 Å². The van der Waals surface area contributed by atoms with E-state index < -0.39 is 119 Å². The predicted octanol–water partition coefficient (Wildman–Crippen LogP) is 9.71. The number of benzene rings is 6. The van der Waals surface area contributed by atoms with Crippen LogP contribution in [0.4, 0.5) is 34.1 Å². The zero-order valence-electron chi connectivity index (χ0n) is 43.3. The number of nitrogens with zero attached hydrogens (tertiary/aromatic N) is 6. The maximum absolute atomic E-state index is 15.7. The molecule has 0 aliphatic carbocycles. The molecule has 7 aliphatic rings. The van der Waals surface area contributed by atoms with Gasteiger partial charge in [-0.15, -0.1) is 0 Å². The first-order valence-electron chi connectivity index (χ1n) is 25.4. The highest BCUT2D eigenvalue weighted by molar-refractivity contribution is 8.03. The minimum absolute atomic E-state index is 0.0135. The van der Waals surface area contributed by atoms with E-state index in [1.165, 1.54) is 72.8 Å². The highest BCUT2D eigenvalue weighted by atomic mass is 32.2. The van der Waals surface area contributed by atoms with E-state index in [4.69, 9.17) is 0 Å². The molecule has 0 unspecified atom stereocenters. The molecule has 6 aromatic rings. The van der Waals surface area contributed by atoms with Gasteiger partial charge in [0.2, 0.25) is 59.0 Å². The van der Waals surface area contributed by atoms with Gasteiger partial charge >= 0.3 is 0 Å². The highest BCUT2D eigenvalue weighted by Crippen LogP contribution is 2.50. The second kappa shape index (κ2) is 19.7. The molecule has 6 aromatic carbocycles. The maximum atomic E-state index is 15.7. The van der Waals surface area contributed by atoms with Gasteiger partial charge in [0.15, 0.2) is 0 Å². The van der Waals surface area contributed by atoms with Crippen LogP contribution in [0, 0.1) is 0 Å². The van der Waals surface area contributed by atoms with E-state index in [1.54, 1.807) is 109 Å². The molecular weight excluding hydrogens is 1190 g/mol. The fourth-order valence-corrected chi connectivity index (χ4v) is 20.5. The van der Waals surface area contributed by atoms with E-state index in [0.717, 1.165) is 102 Å². The number of allylic oxidation sites excluding steroid dienone is 12. The molecule has 7 aliphatic heterocycles. The third kappa shape index (κ3) is 8.26. The first-order chi connectivity index (χ1) is 40.3. The lowest BCUT2D eigenvalue weighted by Crippen LogP contribution is -2.38. The van der Waals surface area contributed by atoms with Crippen molar-refractivity contribution in [3.05, 3.63) is 315 Å². The molecule has 0 spiro atoms. The second-order valence-electron chi connectivity index (χ2n) is 19.1. The minimum atomic E-state index is -5.05. The Hall–Kier alpha value is -9.30. The molecule has 84 heavy (non-hydrogen) atoms. The molecule has 1 saturated heterocycles. The summed E-state index contributed by atoms with van der Waals surface area (Å²) in [6.07, 6.45) is 13.5. The largest absolute Gasteiger partial charge is 0.290 e. The van der Waals surface area contributed by atoms with Crippen LogP contribution in [0.2, 0.25) is 0 Å². The Morgan fingerprint density at radius 3 is 0.345 bits per heavy atom. The maximum Gasteiger partial charge on any atom is 0.238 e. The van der Waals surface area contributed by atoms with Crippen LogP contribution in [0.15, 0.2) is 315 Å². The zero-order valence-corrected chi connectivity index (χ0v) is 48.2. The normalized spacial score (nSPS) is 21.3. The summed E-state index contributed by atoms with van der Waals surface area (Å²) in [6, 6.07) is 45.7. The van der Waals surface area contributed by atoms with Gasteiger partial charge in [-0.05, 0) is 146 Å². The van der Waals surface area contributed by atoms with E-state index in [2.05, 4.69) is 0 Å². The minimum Gasteiger partial charge on any atom is -0.290 e. The Morgan fingerprint density at radius 1 is 0.155 bits per heavy atom. The summed E-state index contributed by atoms with van der Waals surface area (Å²) in [4.78, 5) is 5.76. The zero-order chi connectivity index (χ0) is 58.6. The van der Waals surface area contributed by atoms with Crippen molar-refractivity contribution in [3.8, 4) is 0 Å². The standard InChI is InChI=1S/C60H42N6O12S6/c67-79(68)49-31-33-51(79)62(44-21-9-2-10-22-44)53-35-37-55(81(53,71)72)64(46-25-13-4-14-26-46)57-39-41-59(83(57,75)76)66(48-29-17-6-18-30-48)60-42-40-58(84(60,77)78)65(47-27-15-5-16-28-47)56-38-36-54(82(56,73)74)63(45-23-11-3-12-24-45)52-34-32-50(80(52,69)70)61(49)43-19-7-1-8-20-43/h1-42H. The summed E-state index contributed by atoms with van der Waals surface area (Å²) < 4.78 is 189. The second-order valence-corrected chi connectivity index (χ2v) is 30.2. The van der Waals surface area contributed by atoms with Crippen molar-refractivity contribution in [2.24, 2.45) is 0 Å². The molecule has 1 fully saturated rings. The molecule has 0 amide bonds. The van der Waals surface area contributed by atoms with Gasteiger partial charge in [0.05, 0.1) is 0 Å². The van der Waals surface area contributed by atoms with E-state index in [9.17, 15) is 0 Å². The number of anilines is 6. The molecule has 0 saturated carbocycles. The van der Waals surface area contributed by atoms with Crippen molar-refractivity contribution in [2.45, 2.75) is 0 Å². The fraction of sp³-hybridized carbons (Fsp3) is 0. The lowest BCUT2D eigenvalue weighted by Gasteiger charge is -2.33. The SMILES string of the molecule is O=S1(=O)C2=CC=C1N(c1ccccc1)C1=CC=C(N(c3ccccc3)C3=CC=C(N(c4ccccc4)C4=CC=C(N(c5ccccc5)C5=CC=C(N(c6ccccc6)C6=CC=C(N2c2ccccc2)S6(=O)=O)S5(=O)=O)S4(=O)=O)S3(=O)=O)S1(=O)=O. The van der Waals surface area contributed by atoms with Crippen LogP contribution < -0.4 is 29.4 Å². The Bertz CT molecular complexity index is 3990. The molecule has 7 heterocycles. The van der Waals surface area contributed by atoms with Gasteiger partial charge in [0.1, 0.15) is 60.3 Å². The van der Waals surface area contributed by atoms with Crippen molar-refractivity contribution < 1.29 is 50.5 Å². The first-order valence-corrected chi connectivity index (χ1v) is 34.3. The molecule has 18 nitrogen and oxygen atoms in total. The monoisotopic (exact) mass is 1230 g/mol. The van der Waals surface area contributed by atoms with Crippen LogP contribution in [-0.2, 0) is 59.0 Å². The Morgan fingerprint density at radius 2 is 0.250 bits per heavy atom. The fourth-order valence-electron chi connectivity index (χ4n) is 10.6. The number of rotatable bonds is 6. The third-order valence-corrected chi connectivity index (χ3v) is 24.7. The molecular formula is C60H42N6O12S6. The van der Waals surface area contributed by atoms with E-state index in [0.29, 0.717) is 0 Å². The van der Waals surface area contributed by atoms with Crippen LogP contribution in [0.25, 0.3) is 0 Å². The summed E-state index contributed by atoms with van der Waals surface area (Å²) in [5.74, 6) is 0. The molecule has 420 valence electrons. The van der Waals surface area contributed by atoms with E-state index in [1.807, 2.05) is 0 Å². The van der Waals surface area contributed by atoms with Gasteiger partial charge in [-0.25, -0.2) is 50.5 Å². The third-order valence-electron chi connectivity index (χ3n) is 14.2. The van der Waals surface area contributed by atoms with Gasteiger partial charge in [-0.1, -0.05) is 109 Å². The average molecular weight is 1230 g/mol. The molecule has 0 N–H and O–H groups in total. The van der Waals surface area contributed by atoms with Crippen LogP contribution in [0.5, 0.6) is 0 Å². The first kappa shape index (κ1) is 54.0. The Balaban J connectivity index is 1.04. The van der Waals surface area contributed by atoms with Crippen molar-refractivity contribution in [1.29, 1.82) is 0 Å². The molecule has 13 rings (SSSR count). The summed E-state index contributed by atoms with van der Waals surface area (Å²) in [5, 5.41) is -7.80. The Labute approximate surface area is 484 Å². The molecule has 12 bridgehead atoms. The average Bonchev–Trinajstić information content (AvgIpc) is 1.64. The van der Waals surface area contributed by atoms with Crippen LogP contribution in [0.3, 0.4) is 0 Å². The topological polar surface area (TPSA) is 224 Å². The molecule has 0 atom stereocenters. The number of hydrogen-bond acceptors (Lipinski definition) is 18. The van der Waals surface area contributed by atoms with Crippen molar-refractivity contribution in [1.82, 2.24) is 0 Å². The molecule has 24 heteroatoms. The van der Waals surface area contributed by atoms with Gasteiger partial charge in [-0.2, -0.15) is 0 Å². The van der Waals surface area contributed by atoms with Gasteiger partial charge in [-0.3, -0.25) is 29.4 Å². The lowest BCUT2D eigenvalue weighted by molar-refractivity contribution is 0.602. The summed E-state index contributed by atoms with van der Waals surface area (Å²) in [6.45, 7) is 0. The number of hydrogen-bond donors (Lipinski definition) is 0. The van der Waals surface area contributed by atoms with Gasteiger partial charge < -0.3 is 0 Å². The van der Waals surface area contributed by atoms with Crippen LogP contribution >= 0.6 is 0 Å². The smallest absolute Gasteiger partial charge is 0.238 e. The highest BCUT2D eigenvalue weighted by Gasteiger charge is 2.52. The lowest BCUT2D eigenvalue weighted by atomic mass is 10.3. The van der Waals surface area contributed by atoms with Gasteiger partial charge in [0, 0.05) is 34.1 Å². The predicted molar refractivity (Wildman–Crippen MR) is 324 cm³/mol. The summed E-state index contributed by atoms with van der Waals surface area (Å²) in [5.41, 5.74) is 0.0812. The van der Waals surface area contributed by atoms with Gasteiger partial charge in [0.25, 0.3) is 0 Å². The number of sulfone groups is 6. The molecule has 0 radical (unpaired) electrons. The van der Waals surface area contributed by atoms with Crippen molar-refractivity contribution in [2.75, 3.05) is 29.4 Å².